The van der Waals surface area contributed by atoms with Crippen LogP contribution in [-0.4, -0.2) is 59.7 Å². The standard InChI is InChI=1S/C22H33N7O3/c1-29(28-32)13-5-8-18(17-7-4-12-23-14-17)26-27-20(30)9-3-2-6-16-10-11-19-22(16)25-21(31)15-24-19/h4,7,12,14,16,19,22,24H,2-3,5-6,8-11,13,15H2,1H3,(H,25,31)(H,27,30)/b26-18+/t16-,19+,22+/m1/s1. The Morgan fingerprint density at radius 2 is 2.16 bits per heavy atom. The summed E-state index contributed by atoms with van der Waals surface area (Å²) in [5.74, 6) is 0.442. The Balaban J connectivity index is 1.41. The SMILES string of the molecule is CN(CCC/C(=N\NC(=O)CCCC[C@@H]1CC[C@@H]2NCC(=O)N[C@@H]12)c1cccnc1)N=O. The molecule has 3 atom stereocenters. The largest absolute Gasteiger partial charge is 0.350 e. The van der Waals surface area contributed by atoms with Crippen molar-refractivity contribution in [3.63, 3.8) is 0 Å². The number of carbonyl (C=O) groups is 2. The van der Waals surface area contributed by atoms with Crippen molar-refractivity contribution < 1.29 is 9.59 Å². The second-order valence-corrected chi connectivity index (χ2v) is 8.57. The van der Waals surface area contributed by atoms with E-state index in [4.69, 9.17) is 0 Å². The van der Waals surface area contributed by atoms with Gasteiger partial charge in [0.05, 0.1) is 17.5 Å². The van der Waals surface area contributed by atoms with Crippen molar-refractivity contribution in [3.8, 4) is 0 Å². The van der Waals surface area contributed by atoms with Gasteiger partial charge in [0.15, 0.2) is 0 Å². The number of hydrazone groups is 1. The Hall–Kier alpha value is -2.88. The first-order valence-electron chi connectivity index (χ1n) is 11.4. The third kappa shape index (κ3) is 7.08. The van der Waals surface area contributed by atoms with Crippen LogP contribution in [0.25, 0.3) is 0 Å². The topological polar surface area (TPSA) is 128 Å². The van der Waals surface area contributed by atoms with Gasteiger partial charge in [-0.1, -0.05) is 12.5 Å². The summed E-state index contributed by atoms with van der Waals surface area (Å²) in [6.45, 7) is 0.927. The van der Waals surface area contributed by atoms with E-state index in [0.29, 0.717) is 44.3 Å². The zero-order valence-electron chi connectivity index (χ0n) is 18.6. The summed E-state index contributed by atoms with van der Waals surface area (Å²) < 4.78 is 0. The van der Waals surface area contributed by atoms with Crippen LogP contribution in [-0.2, 0) is 9.59 Å². The van der Waals surface area contributed by atoms with Crippen LogP contribution < -0.4 is 16.1 Å². The van der Waals surface area contributed by atoms with Crippen molar-refractivity contribution in [1.82, 2.24) is 26.1 Å². The van der Waals surface area contributed by atoms with E-state index in [1.807, 2.05) is 12.1 Å². The number of rotatable bonds is 12. The maximum atomic E-state index is 12.3. The van der Waals surface area contributed by atoms with Crippen molar-refractivity contribution in [2.24, 2.45) is 16.3 Å². The first kappa shape index (κ1) is 23.8. The van der Waals surface area contributed by atoms with Gasteiger partial charge >= 0.3 is 0 Å². The summed E-state index contributed by atoms with van der Waals surface area (Å²) in [6, 6.07) is 4.34. The van der Waals surface area contributed by atoms with Gasteiger partial charge in [-0.05, 0) is 50.5 Å². The smallest absolute Gasteiger partial charge is 0.240 e. The molecule has 1 saturated heterocycles. The van der Waals surface area contributed by atoms with Gasteiger partial charge in [-0.25, -0.2) is 5.43 Å². The molecular formula is C22H33N7O3. The van der Waals surface area contributed by atoms with Crippen molar-refractivity contribution in [2.75, 3.05) is 20.1 Å². The fourth-order valence-corrected chi connectivity index (χ4v) is 4.51. The zero-order valence-corrected chi connectivity index (χ0v) is 18.6. The molecule has 3 rings (SSSR count). The minimum atomic E-state index is -0.116. The minimum absolute atomic E-state index is 0.0777. The summed E-state index contributed by atoms with van der Waals surface area (Å²) in [4.78, 5) is 38.6. The molecule has 0 bridgehead atoms. The third-order valence-electron chi connectivity index (χ3n) is 6.22. The highest BCUT2D eigenvalue weighted by Gasteiger charge is 2.38. The van der Waals surface area contributed by atoms with Gasteiger partial charge in [0.25, 0.3) is 0 Å². The molecule has 1 aromatic heterocycles. The number of carbonyl (C=O) groups excluding carboxylic acids is 2. The van der Waals surface area contributed by atoms with E-state index >= 15 is 0 Å². The predicted molar refractivity (Wildman–Crippen MR) is 121 cm³/mol. The second-order valence-electron chi connectivity index (χ2n) is 8.57. The molecule has 32 heavy (non-hydrogen) atoms. The van der Waals surface area contributed by atoms with Crippen LogP contribution in [0.15, 0.2) is 34.9 Å². The molecule has 3 N–H and O–H groups in total. The molecule has 2 aliphatic rings. The van der Waals surface area contributed by atoms with Crippen LogP contribution in [0.5, 0.6) is 0 Å². The van der Waals surface area contributed by atoms with Crippen molar-refractivity contribution in [2.45, 2.75) is 63.5 Å². The number of nitroso groups, excluding NO2 is 1. The van der Waals surface area contributed by atoms with E-state index in [9.17, 15) is 14.5 Å². The van der Waals surface area contributed by atoms with Gasteiger partial charge in [0.2, 0.25) is 11.8 Å². The van der Waals surface area contributed by atoms with Crippen LogP contribution >= 0.6 is 0 Å². The number of hydrogen-bond acceptors (Lipinski definition) is 7. The maximum Gasteiger partial charge on any atom is 0.240 e. The quantitative estimate of drug-likeness (QED) is 0.195. The van der Waals surface area contributed by atoms with Crippen LogP contribution in [0.3, 0.4) is 0 Å². The third-order valence-corrected chi connectivity index (χ3v) is 6.22. The highest BCUT2D eigenvalue weighted by Crippen LogP contribution is 2.31. The first-order chi connectivity index (χ1) is 15.6. The number of pyridine rings is 1. The van der Waals surface area contributed by atoms with Crippen LogP contribution in [0.2, 0.25) is 0 Å². The Morgan fingerprint density at radius 3 is 2.94 bits per heavy atom. The summed E-state index contributed by atoms with van der Waals surface area (Å²) in [5, 5.41) is 15.0. The molecule has 10 nitrogen and oxygen atoms in total. The molecule has 10 heteroatoms. The molecule has 2 amide bonds. The lowest BCUT2D eigenvalue weighted by Gasteiger charge is -2.31. The van der Waals surface area contributed by atoms with Crippen LogP contribution in [0.1, 0.15) is 56.9 Å². The minimum Gasteiger partial charge on any atom is -0.350 e. The summed E-state index contributed by atoms with van der Waals surface area (Å²) in [5.41, 5.74) is 4.23. The van der Waals surface area contributed by atoms with Crippen LogP contribution in [0.4, 0.5) is 0 Å². The average Bonchev–Trinajstić information content (AvgIpc) is 3.21. The molecule has 174 valence electrons. The zero-order chi connectivity index (χ0) is 22.8. The number of aromatic nitrogens is 1. The maximum absolute atomic E-state index is 12.3. The first-order valence-corrected chi connectivity index (χ1v) is 11.4. The number of nitrogens with zero attached hydrogens (tertiary/aromatic N) is 4. The predicted octanol–water partition coefficient (Wildman–Crippen LogP) is 1.72. The number of nitrogens with one attached hydrogen (secondary N) is 3. The average molecular weight is 444 g/mol. The van der Waals surface area contributed by atoms with Gasteiger partial charge in [0, 0.05) is 50.1 Å². The van der Waals surface area contributed by atoms with Crippen LogP contribution in [0, 0.1) is 10.8 Å². The lowest BCUT2D eigenvalue weighted by atomic mass is 9.94. The van der Waals surface area contributed by atoms with E-state index in [1.165, 1.54) is 5.01 Å². The number of amides is 2. The molecular weight excluding hydrogens is 410 g/mol. The Kier molecular flexibility index (Phi) is 9.09. The van der Waals surface area contributed by atoms with Gasteiger partial charge < -0.3 is 10.6 Å². The molecule has 1 saturated carbocycles. The van der Waals surface area contributed by atoms with Crippen molar-refractivity contribution in [1.29, 1.82) is 0 Å². The van der Waals surface area contributed by atoms with Gasteiger partial charge in [-0.3, -0.25) is 19.6 Å². The highest BCUT2D eigenvalue weighted by molar-refractivity contribution is 6.00. The van der Waals surface area contributed by atoms with Crippen molar-refractivity contribution >= 4 is 17.5 Å². The fraction of sp³-hybridized carbons (Fsp3) is 0.636. The second kappa shape index (κ2) is 12.2. The number of unbranched alkanes of at least 4 members (excludes halogenated alkanes) is 1. The fourth-order valence-electron chi connectivity index (χ4n) is 4.51. The molecule has 0 aromatic carbocycles. The summed E-state index contributed by atoms with van der Waals surface area (Å²) in [7, 11) is 1.63. The molecule has 2 fully saturated rings. The molecule has 1 aromatic rings. The molecule has 1 aliphatic heterocycles. The number of fused-ring (bicyclic) bond motifs is 1. The van der Waals surface area contributed by atoms with E-state index in [2.05, 4.69) is 31.4 Å². The normalized spacial score (nSPS) is 22.7. The molecule has 0 unspecified atom stereocenters. The Labute approximate surface area is 188 Å². The molecule has 1 aliphatic carbocycles. The summed E-state index contributed by atoms with van der Waals surface area (Å²) in [6.07, 6.45) is 10.0. The monoisotopic (exact) mass is 443 g/mol. The van der Waals surface area contributed by atoms with Gasteiger partial charge in [0.1, 0.15) is 0 Å². The molecule has 2 heterocycles. The molecule has 0 spiro atoms. The van der Waals surface area contributed by atoms with E-state index < -0.39 is 0 Å². The molecule has 0 radical (unpaired) electrons. The Morgan fingerprint density at radius 1 is 1.28 bits per heavy atom. The van der Waals surface area contributed by atoms with E-state index in [0.717, 1.165) is 43.4 Å². The number of piperazine rings is 1. The van der Waals surface area contributed by atoms with Gasteiger partial charge in [-0.2, -0.15) is 5.10 Å². The lowest BCUT2D eigenvalue weighted by Crippen LogP contribution is -2.58. The lowest BCUT2D eigenvalue weighted by molar-refractivity contribution is -0.123. The van der Waals surface area contributed by atoms with E-state index in [-0.39, 0.29) is 17.9 Å². The van der Waals surface area contributed by atoms with E-state index in [1.54, 1.807) is 19.4 Å². The van der Waals surface area contributed by atoms with Gasteiger partial charge in [-0.15, -0.1) is 4.91 Å². The summed E-state index contributed by atoms with van der Waals surface area (Å²) >= 11 is 0. The van der Waals surface area contributed by atoms with Crippen molar-refractivity contribution in [3.05, 3.63) is 35.0 Å². The Bertz CT molecular complexity index is 802. The highest BCUT2D eigenvalue weighted by atomic mass is 16.3. The number of hydrogen-bond donors (Lipinski definition) is 3.